The summed E-state index contributed by atoms with van der Waals surface area (Å²) in [5, 5.41) is 6.11. The number of furan rings is 1. The van der Waals surface area contributed by atoms with E-state index in [-0.39, 0.29) is 18.1 Å². The predicted octanol–water partition coefficient (Wildman–Crippen LogP) is 5.12. The summed E-state index contributed by atoms with van der Waals surface area (Å²) >= 11 is 0. The molecular weight excluding hydrogens is 433 g/mol. The van der Waals surface area contributed by atoms with Crippen molar-refractivity contribution in [2.75, 3.05) is 5.32 Å². The van der Waals surface area contributed by atoms with Crippen molar-refractivity contribution in [3.05, 3.63) is 106 Å². The lowest BCUT2D eigenvalue weighted by atomic mass is 9.72. The number of halogens is 1. The molecule has 2 aliphatic rings. The number of benzene rings is 1. The van der Waals surface area contributed by atoms with E-state index in [0.717, 1.165) is 11.5 Å². The van der Waals surface area contributed by atoms with E-state index >= 15 is 4.39 Å². The number of amides is 1. The van der Waals surface area contributed by atoms with Gasteiger partial charge in [0, 0.05) is 52.1 Å². The topological polar surface area (TPSA) is 84.2 Å². The van der Waals surface area contributed by atoms with Crippen LogP contribution in [0.3, 0.4) is 0 Å². The summed E-state index contributed by atoms with van der Waals surface area (Å²) in [6.45, 7) is 3.61. The van der Waals surface area contributed by atoms with Gasteiger partial charge in [-0.15, -0.1) is 0 Å². The molecule has 2 N–H and O–H groups in total. The van der Waals surface area contributed by atoms with E-state index in [4.69, 9.17) is 4.42 Å². The van der Waals surface area contributed by atoms with E-state index in [2.05, 4.69) is 15.6 Å². The standard InChI is InChI=1S/C27H24FN3O3/c1-15-7-5-11-23(29-15)31-27(33)24-16(2)30-20-13-17(22-10-6-12-34-22)14-21(32)26(20)25(24)18-8-3-4-9-19(18)28/h3-12,17,25,30H,13-14H2,1-2H3,(H,29,31,33)/t17-,25+/m1/s1. The van der Waals surface area contributed by atoms with Crippen molar-refractivity contribution in [1.82, 2.24) is 10.3 Å². The van der Waals surface area contributed by atoms with E-state index in [1.807, 2.05) is 19.1 Å². The van der Waals surface area contributed by atoms with Crippen LogP contribution in [-0.2, 0) is 9.59 Å². The normalized spacial score (nSPS) is 20.1. The Labute approximate surface area is 196 Å². The number of rotatable bonds is 4. The maximum Gasteiger partial charge on any atom is 0.255 e. The van der Waals surface area contributed by atoms with Crippen LogP contribution in [0.1, 0.15) is 48.6 Å². The molecule has 172 valence electrons. The van der Waals surface area contributed by atoms with E-state index in [1.54, 1.807) is 49.6 Å². The molecule has 3 aromatic rings. The molecule has 1 aliphatic carbocycles. The number of nitrogens with zero attached hydrogens (tertiary/aromatic N) is 1. The van der Waals surface area contributed by atoms with Crippen LogP contribution < -0.4 is 10.6 Å². The first-order chi connectivity index (χ1) is 16.4. The third kappa shape index (κ3) is 3.94. The number of nitrogens with one attached hydrogen (secondary N) is 2. The zero-order valence-corrected chi connectivity index (χ0v) is 18.9. The van der Waals surface area contributed by atoms with Crippen molar-refractivity contribution < 1.29 is 18.4 Å². The van der Waals surface area contributed by atoms with Crippen LogP contribution in [0.5, 0.6) is 0 Å². The van der Waals surface area contributed by atoms with E-state index in [0.29, 0.717) is 40.3 Å². The fourth-order valence-corrected chi connectivity index (χ4v) is 4.88. The number of dihydropyridines is 1. The quantitative estimate of drug-likeness (QED) is 0.568. The van der Waals surface area contributed by atoms with Crippen molar-refractivity contribution in [3.63, 3.8) is 0 Å². The number of pyridine rings is 1. The largest absolute Gasteiger partial charge is 0.469 e. The first-order valence-corrected chi connectivity index (χ1v) is 11.2. The zero-order valence-electron chi connectivity index (χ0n) is 18.9. The van der Waals surface area contributed by atoms with Crippen molar-refractivity contribution in [2.45, 2.75) is 38.5 Å². The van der Waals surface area contributed by atoms with Gasteiger partial charge >= 0.3 is 0 Å². The Balaban J connectivity index is 1.58. The van der Waals surface area contributed by atoms with Gasteiger partial charge in [0.05, 0.1) is 6.26 Å². The minimum absolute atomic E-state index is 0.116. The van der Waals surface area contributed by atoms with Crippen LogP contribution >= 0.6 is 0 Å². The van der Waals surface area contributed by atoms with Crippen LogP contribution in [0.2, 0.25) is 0 Å². The molecule has 1 aromatic carbocycles. The van der Waals surface area contributed by atoms with Crippen LogP contribution in [0.25, 0.3) is 0 Å². The summed E-state index contributed by atoms with van der Waals surface area (Å²) in [4.78, 5) is 31.3. The average Bonchev–Trinajstić information content (AvgIpc) is 3.33. The molecule has 3 heterocycles. The highest BCUT2D eigenvalue weighted by molar-refractivity contribution is 6.09. The number of allylic oxidation sites excluding steroid dienone is 3. The minimum Gasteiger partial charge on any atom is -0.469 e. The summed E-state index contributed by atoms with van der Waals surface area (Å²) < 4.78 is 20.6. The van der Waals surface area contributed by atoms with Crippen molar-refractivity contribution in [1.29, 1.82) is 0 Å². The molecule has 1 aliphatic heterocycles. The maximum absolute atomic E-state index is 15.1. The van der Waals surface area contributed by atoms with Gasteiger partial charge in [0.2, 0.25) is 0 Å². The Hall–Kier alpha value is -4.00. The second-order valence-corrected chi connectivity index (χ2v) is 8.67. The summed E-state index contributed by atoms with van der Waals surface area (Å²) in [5.41, 5.74) is 3.06. The lowest BCUT2D eigenvalue weighted by Gasteiger charge is -2.36. The monoisotopic (exact) mass is 457 g/mol. The number of hydrogen-bond acceptors (Lipinski definition) is 5. The van der Waals surface area contributed by atoms with Crippen molar-refractivity contribution in [3.8, 4) is 0 Å². The van der Waals surface area contributed by atoms with Gasteiger partial charge in [-0.3, -0.25) is 9.59 Å². The third-order valence-corrected chi connectivity index (χ3v) is 6.36. The molecule has 0 saturated heterocycles. The summed E-state index contributed by atoms with van der Waals surface area (Å²) in [5.74, 6) is -0.834. The summed E-state index contributed by atoms with van der Waals surface area (Å²) in [6.07, 6.45) is 2.35. The molecule has 0 saturated carbocycles. The highest BCUT2D eigenvalue weighted by Gasteiger charge is 2.42. The van der Waals surface area contributed by atoms with Crippen molar-refractivity contribution >= 4 is 17.5 Å². The summed E-state index contributed by atoms with van der Waals surface area (Å²) in [6, 6.07) is 15.3. The highest BCUT2D eigenvalue weighted by Crippen LogP contribution is 2.46. The summed E-state index contributed by atoms with van der Waals surface area (Å²) in [7, 11) is 0. The molecule has 5 rings (SSSR count). The van der Waals surface area contributed by atoms with Gasteiger partial charge in [-0.25, -0.2) is 9.37 Å². The molecule has 2 atom stereocenters. The number of hydrogen-bond donors (Lipinski definition) is 2. The Morgan fingerprint density at radius 3 is 2.65 bits per heavy atom. The molecule has 0 radical (unpaired) electrons. The van der Waals surface area contributed by atoms with Crippen LogP contribution in [0, 0.1) is 12.7 Å². The van der Waals surface area contributed by atoms with Gasteiger partial charge < -0.3 is 15.1 Å². The number of aryl methyl sites for hydroxylation is 1. The van der Waals surface area contributed by atoms with Gasteiger partial charge in [0.25, 0.3) is 5.91 Å². The van der Waals surface area contributed by atoms with E-state index in [9.17, 15) is 9.59 Å². The number of aromatic nitrogens is 1. The highest BCUT2D eigenvalue weighted by atomic mass is 19.1. The lowest BCUT2D eigenvalue weighted by molar-refractivity contribution is -0.116. The Morgan fingerprint density at radius 1 is 1.09 bits per heavy atom. The minimum atomic E-state index is -0.827. The number of anilines is 1. The Bertz CT molecular complexity index is 1340. The number of carbonyl (C=O) groups excluding carboxylic acids is 2. The van der Waals surface area contributed by atoms with Crippen LogP contribution in [-0.4, -0.2) is 16.7 Å². The second kappa shape index (κ2) is 8.74. The first-order valence-electron chi connectivity index (χ1n) is 11.2. The fourth-order valence-electron chi connectivity index (χ4n) is 4.88. The maximum atomic E-state index is 15.1. The number of Topliss-reactive ketones (excluding diaryl/α,β-unsaturated/α-hetero) is 1. The second-order valence-electron chi connectivity index (χ2n) is 8.67. The number of carbonyl (C=O) groups is 2. The van der Waals surface area contributed by atoms with Crippen LogP contribution in [0.4, 0.5) is 10.2 Å². The fraction of sp³-hybridized carbons (Fsp3) is 0.222. The first kappa shape index (κ1) is 21.8. The predicted molar refractivity (Wildman–Crippen MR) is 125 cm³/mol. The smallest absolute Gasteiger partial charge is 0.255 e. The van der Waals surface area contributed by atoms with Gasteiger partial charge in [0.15, 0.2) is 5.78 Å². The Morgan fingerprint density at radius 2 is 1.91 bits per heavy atom. The third-order valence-electron chi connectivity index (χ3n) is 6.36. The molecule has 0 spiro atoms. The zero-order chi connectivity index (χ0) is 23.8. The average molecular weight is 458 g/mol. The van der Waals surface area contributed by atoms with E-state index in [1.165, 1.54) is 6.07 Å². The molecule has 7 heteroatoms. The Kier molecular flexibility index (Phi) is 5.61. The van der Waals surface area contributed by atoms with Gasteiger partial charge in [-0.2, -0.15) is 0 Å². The van der Waals surface area contributed by atoms with Gasteiger partial charge in [-0.05, 0) is 50.6 Å². The SMILES string of the molecule is CC1=C(C(=O)Nc2cccc(C)n2)[C@H](c2ccccc2F)C2=C(C[C@@H](c3ccco3)CC2=O)N1. The molecule has 6 nitrogen and oxygen atoms in total. The van der Waals surface area contributed by atoms with Crippen molar-refractivity contribution in [2.24, 2.45) is 0 Å². The molecule has 1 amide bonds. The lowest BCUT2D eigenvalue weighted by Crippen LogP contribution is -2.37. The molecule has 0 unspecified atom stereocenters. The molecule has 0 bridgehead atoms. The number of ketones is 1. The molecule has 0 fully saturated rings. The van der Waals surface area contributed by atoms with E-state index < -0.39 is 17.6 Å². The molecular formula is C27H24FN3O3. The molecule has 2 aromatic heterocycles. The van der Waals surface area contributed by atoms with Gasteiger partial charge in [-0.1, -0.05) is 24.3 Å². The van der Waals surface area contributed by atoms with Gasteiger partial charge in [0.1, 0.15) is 17.4 Å². The molecule has 34 heavy (non-hydrogen) atoms. The van der Waals surface area contributed by atoms with Crippen LogP contribution in [0.15, 0.2) is 87.8 Å².